The Kier molecular flexibility index (Phi) is 1.89. The fourth-order valence-electron chi connectivity index (χ4n) is 1.49. The summed E-state index contributed by atoms with van der Waals surface area (Å²) < 4.78 is 0. The van der Waals surface area contributed by atoms with Gasteiger partial charge in [-0.15, -0.1) is 0 Å². The lowest BCUT2D eigenvalue weighted by atomic mass is 10.0. The number of hydrogen-bond acceptors (Lipinski definition) is 1. The van der Waals surface area contributed by atoms with Gasteiger partial charge < -0.3 is 0 Å². The molecule has 0 bridgehead atoms. The quantitative estimate of drug-likeness (QED) is 0.581. The van der Waals surface area contributed by atoms with Crippen LogP contribution in [0.25, 0.3) is 0 Å². The van der Waals surface area contributed by atoms with E-state index in [0.29, 0.717) is 5.17 Å². The van der Waals surface area contributed by atoms with E-state index in [2.05, 4.69) is 30.1 Å². The molecule has 0 radical (unpaired) electrons. The van der Waals surface area contributed by atoms with Crippen molar-refractivity contribution in [2.45, 2.75) is 13.3 Å². The van der Waals surface area contributed by atoms with Gasteiger partial charge in [0, 0.05) is 12.1 Å². The molecule has 0 aromatic heterocycles. The van der Waals surface area contributed by atoms with E-state index in [4.69, 9.17) is 11.6 Å². The maximum absolute atomic E-state index is 5.95. The first-order valence-corrected chi connectivity index (χ1v) is 4.45. The summed E-state index contributed by atoms with van der Waals surface area (Å²) in [5, 5.41) is 0.663. The molecule has 0 fully saturated rings. The van der Waals surface area contributed by atoms with Crippen molar-refractivity contribution in [1.82, 2.24) is 0 Å². The maximum atomic E-state index is 5.95. The molecule has 0 saturated carbocycles. The third-order valence-corrected chi connectivity index (χ3v) is 2.44. The van der Waals surface area contributed by atoms with Crippen LogP contribution in [0.3, 0.4) is 0 Å². The van der Waals surface area contributed by atoms with E-state index in [1.54, 1.807) is 0 Å². The van der Waals surface area contributed by atoms with Crippen molar-refractivity contribution in [3.8, 4) is 0 Å². The van der Waals surface area contributed by atoms with E-state index in [0.717, 1.165) is 18.5 Å². The van der Waals surface area contributed by atoms with E-state index in [1.165, 1.54) is 11.1 Å². The van der Waals surface area contributed by atoms with Crippen LogP contribution in [0.1, 0.15) is 16.7 Å². The lowest BCUT2D eigenvalue weighted by Crippen LogP contribution is -2.07. The predicted molar refractivity (Wildman–Crippen MR) is 52.1 cm³/mol. The fraction of sp³-hybridized carbons (Fsp3) is 0.300. The molecule has 0 aliphatic carbocycles. The van der Waals surface area contributed by atoms with Gasteiger partial charge in [-0.3, -0.25) is 4.99 Å². The van der Waals surface area contributed by atoms with Crippen LogP contribution in [0.5, 0.6) is 0 Å². The average Bonchev–Trinajstić information content (AvgIpc) is 2.04. The third-order valence-electron chi connectivity index (χ3n) is 2.11. The predicted octanol–water partition coefficient (Wildman–Crippen LogP) is 2.54. The van der Waals surface area contributed by atoms with Crippen LogP contribution in [0, 0.1) is 6.92 Å². The first-order valence-electron chi connectivity index (χ1n) is 4.07. The van der Waals surface area contributed by atoms with Crippen LogP contribution < -0.4 is 0 Å². The zero-order valence-corrected chi connectivity index (χ0v) is 7.73. The first kappa shape index (κ1) is 7.81. The van der Waals surface area contributed by atoms with Gasteiger partial charge in [0.15, 0.2) is 0 Å². The third kappa shape index (κ3) is 1.25. The molecule has 0 saturated heterocycles. The molecule has 0 N–H and O–H groups in total. The molecular formula is C10H10ClN. The molecule has 62 valence electrons. The van der Waals surface area contributed by atoms with Crippen LogP contribution in [-0.4, -0.2) is 11.7 Å². The van der Waals surface area contributed by atoms with Crippen molar-refractivity contribution >= 4 is 16.8 Å². The zero-order valence-electron chi connectivity index (χ0n) is 6.97. The Hall–Kier alpha value is -0.820. The minimum absolute atomic E-state index is 0.663. The smallest absolute Gasteiger partial charge is 0.131 e. The van der Waals surface area contributed by atoms with Crippen molar-refractivity contribution < 1.29 is 0 Å². The largest absolute Gasteiger partial charge is 0.272 e. The van der Waals surface area contributed by atoms with E-state index in [1.807, 2.05) is 0 Å². The van der Waals surface area contributed by atoms with E-state index in [9.17, 15) is 0 Å². The molecule has 2 rings (SSSR count). The summed E-state index contributed by atoms with van der Waals surface area (Å²) in [6.45, 7) is 2.93. The number of nitrogens with zero attached hydrogens (tertiary/aromatic N) is 1. The summed E-state index contributed by atoms with van der Waals surface area (Å²) >= 11 is 5.95. The molecule has 0 unspecified atom stereocenters. The van der Waals surface area contributed by atoms with Crippen LogP contribution >= 0.6 is 11.6 Å². The summed E-state index contributed by atoms with van der Waals surface area (Å²) in [7, 11) is 0. The number of fused-ring (bicyclic) bond motifs is 1. The highest BCUT2D eigenvalue weighted by atomic mass is 35.5. The van der Waals surface area contributed by atoms with Gasteiger partial charge in [0.05, 0.1) is 0 Å². The Labute approximate surface area is 77.1 Å². The monoisotopic (exact) mass is 179 g/mol. The lowest BCUT2D eigenvalue weighted by Gasteiger charge is -2.12. The van der Waals surface area contributed by atoms with Gasteiger partial charge in [0.2, 0.25) is 0 Å². The van der Waals surface area contributed by atoms with Crippen molar-refractivity contribution in [1.29, 1.82) is 0 Å². The molecule has 1 aliphatic rings. The molecule has 1 nitrogen and oxygen atoms in total. The van der Waals surface area contributed by atoms with E-state index >= 15 is 0 Å². The van der Waals surface area contributed by atoms with Gasteiger partial charge in [-0.2, -0.15) is 0 Å². The van der Waals surface area contributed by atoms with E-state index < -0.39 is 0 Å². The van der Waals surface area contributed by atoms with Gasteiger partial charge in [0.1, 0.15) is 5.17 Å². The number of aliphatic imine (C=N–C) groups is 1. The number of hydrogen-bond donors (Lipinski definition) is 0. The fourth-order valence-corrected chi connectivity index (χ4v) is 1.76. The molecule has 1 heterocycles. The van der Waals surface area contributed by atoms with Gasteiger partial charge in [-0.25, -0.2) is 0 Å². The highest BCUT2D eigenvalue weighted by molar-refractivity contribution is 6.69. The van der Waals surface area contributed by atoms with Gasteiger partial charge >= 0.3 is 0 Å². The minimum atomic E-state index is 0.663. The summed E-state index contributed by atoms with van der Waals surface area (Å²) in [5.74, 6) is 0. The summed E-state index contributed by atoms with van der Waals surface area (Å²) in [5.41, 5.74) is 3.73. The molecule has 1 aromatic carbocycles. The zero-order chi connectivity index (χ0) is 8.55. The van der Waals surface area contributed by atoms with E-state index in [-0.39, 0.29) is 0 Å². The lowest BCUT2D eigenvalue weighted by molar-refractivity contribution is 0.947. The highest BCUT2D eigenvalue weighted by Crippen LogP contribution is 2.19. The first-order chi connectivity index (χ1) is 5.77. The molecule has 1 aliphatic heterocycles. The van der Waals surface area contributed by atoms with Gasteiger partial charge in [-0.05, 0) is 18.9 Å². The molecule has 0 atom stereocenters. The Morgan fingerprint density at radius 2 is 2.25 bits per heavy atom. The average molecular weight is 180 g/mol. The SMILES string of the molecule is Cc1ccc2c(c1)CCN=C2Cl. The Bertz CT molecular complexity index is 342. The Morgan fingerprint density at radius 1 is 1.42 bits per heavy atom. The second-order valence-electron chi connectivity index (χ2n) is 3.08. The minimum Gasteiger partial charge on any atom is -0.272 e. The number of aryl methyl sites for hydroxylation is 1. The maximum Gasteiger partial charge on any atom is 0.131 e. The Balaban J connectivity index is 2.56. The van der Waals surface area contributed by atoms with Gasteiger partial charge in [-0.1, -0.05) is 35.4 Å². The van der Waals surface area contributed by atoms with Crippen LogP contribution in [-0.2, 0) is 6.42 Å². The number of halogens is 1. The summed E-state index contributed by atoms with van der Waals surface area (Å²) in [4.78, 5) is 4.18. The van der Waals surface area contributed by atoms with Crippen LogP contribution in [0.2, 0.25) is 0 Å². The second-order valence-corrected chi connectivity index (χ2v) is 3.44. The van der Waals surface area contributed by atoms with Crippen molar-refractivity contribution in [2.75, 3.05) is 6.54 Å². The normalized spacial score (nSPS) is 15.3. The highest BCUT2D eigenvalue weighted by Gasteiger charge is 2.10. The van der Waals surface area contributed by atoms with Crippen molar-refractivity contribution in [2.24, 2.45) is 4.99 Å². The molecule has 12 heavy (non-hydrogen) atoms. The number of benzene rings is 1. The molecular weight excluding hydrogens is 170 g/mol. The van der Waals surface area contributed by atoms with Crippen LogP contribution in [0.15, 0.2) is 23.2 Å². The van der Waals surface area contributed by atoms with Crippen LogP contribution in [0.4, 0.5) is 0 Å². The molecule has 0 amide bonds. The van der Waals surface area contributed by atoms with Crippen molar-refractivity contribution in [3.63, 3.8) is 0 Å². The summed E-state index contributed by atoms with van der Waals surface area (Å²) in [6.07, 6.45) is 1.02. The van der Waals surface area contributed by atoms with Crippen molar-refractivity contribution in [3.05, 3.63) is 34.9 Å². The van der Waals surface area contributed by atoms with Gasteiger partial charge in [0.25, 0.3) is 0 Å². The Morgan fingerprint density at radius 3 is 3.08 bits per heavy atom. The molecule has 0 spiro atoms. The molecule has 2 heteroatoms. The molecule has 1 aromatic rings. The topological polar surface area (TPSA) is 12.4 Å². The number of rotatable bonds is 0. The second kappa shape index (κ2) is 2.91. The summed E-state index contributed by atoms with van der Waals surface area (Å²) in [6, 6.07) is 6.31. The standard InChI is InChI=1S/C10H10ClN/c1-7-2-3-9-8(6-7)4-5-12-10(9)11/h2-3,6H,4-5H2,1H3.